The smallest absolute Gasteiger partial charge is 0.0298 e. The number of hydrogen-bond donors (Lipinski definition) is 1. The van der Waals surface area contributed by atoms with Gasteiger partial charge in [0, 0.05) is 25.0 Å². The summed E-state index contributed by atoms with van der Waals surface area (Å²) in [6.45, 7) is 9.67. The van der Waals surface area contributed by atoms with Crippen LogP contribution in [0.3, 0.4) is 0 Å². The minimum absolute atomic E-state index is 0.651. The fourth-order valence-corrected chi connectivity index (χ4v) is 2.69. The molecular formula is C16H28N2. The van der Waals surface area contributed by atoms with Crippen molar-refractivity contribution in [3.05, 3.63) is 35.9 Å². The van der Waals surface area contributed by atoms with Crippen LogP contribution in [0.4, 0.5) is 0 Å². The van der Waals surface area contributed by atoms with Crippen LogP contribution < -0.4 is 5.32 Å². The first-order chi connectivity index (χ1) is 8.83. The lowest BCUT2D eigenvalue weighted by Crippen LogP contribution is -2.37. The Bertz CT molecular complexity index is 310. The molecule has 1 aromatic rings. The van der Waals surface area contributed by atoms with E-state index in [1.54, 1.807) is 0 Å². The van der Waals surface area contributed by atoms with Crippen LogP contribution in [0, 0.1) is 0 Å². The summed E-state index contributed by atoms with van der Waals surface area (Å²) in [5.41, 5.74) is 1.47. The summed E-state index contributed by atoms with van der Waals surface area (Å²) in [6, 6.07) is 11.5. The minimum Gasteiger partial charge on any atom is -0.314 e. The zero-order chi connectivity index (χ0) is 13.4. The van der Waals surface area contributed by atoms with Gasteiger partial charge in [0.05, 0.1) is 0 Å². The highest BCUT2D eigenvalue weighted by atomic mass is 15.2. The first kappa shape index (κ1) is 15.2. The molecule has 18 heavy (non-hydrogen) atoms. The molecule has 102 valence electrons. The molecule has 1 N–H and O–H groups in total. The Morgan fingerprint density at radius 2 is 1.83 bits per heavy atom. The number of rotatable bonds is 4. The molecule has 0 spiro atoms. The monoisotopic (exact) mass is 248 g/mol. The second kappa shape index (κ2) is 8.28. The van der Waals surface area contributed by atoms with E-state index in [1.165, 1.54) is 18.5 Å². The van der Waals surface area contributed by atoms with Gasteiger partial charge in [0.1, 0.15) is 0 Å². The third-order valence-electron chi connectivity index (χ3n) is 3.55. The third kappa shape index (κ3) is 3.82. The zero-order valence-corrected chi connectivity index (χ0v) is 12.3. The summed E-state index contributed by atoms with van der Waals surface area (Å²) in [4.78, 5) is 2.50. The Labute approximate surface area is 112 Å². The van der Waals surface area contributed by atoms with E-state index in [4.69, 9.17) is 0 Å². The Hall–Kier alpha value is -0.860. The highest BCUT2D eigenvalue weighted by molar-refractivity contribution is 5.23. The van der Waals surface area contributed by atoms with Crippen molar-refractivity contribution in [3.8, 4) is 0 Å². The summed E-state index contributed by atoms with van der Waals surface area (Å²) in [5, 5.41) is 3.52. The van der Waals surface area contributed by atoms with E-state index in [0.29, 0.717) is 12.0 Å². The van der Waals surface area contributed by atoms with Gasteiger partial charge in [0.15, 0.2) is 0 Å². The quantitative estimate of drug-likeness (QED) is 0.881. The molecule has 0 amide bonds. The van der Waals surface area contributed by atoms with Crippen molar-refractivity contribution in [2.45, 2.75) is 39.2 Å². The van der Waals surface area contributed by atoms with Gasteiger partial charge in [0.25, 0.3) is 0 Å². The van der Waals surface area contributed by atoms with Crippen LogP contribution in [0.5, 0.6) is 0 Å². The molecule has 1 aromatic carbocycles. The molecule has 0 radical (unpaired) electrons. The van der Waals surface area contributed by atoms with Crippen LogP contribution in [0.2, 0.25) is 0 Å². The van der Waals surface area contributed by atoms with Crippen molar-refractivity contribution >= 4 is 0 Å². The van der Waals surface area contributed by atoms with E-state index >= 15 is 0 Å². The summed E-state index contributed by atoms with van der Waals surface area (Å²) in [5.74, 6) is 0.651. The number of nitrogens with one attached hydrogen (secondary N) is 1. The fourth-order valence-electron chi connectivity index (χ4n) is 2.69. The van der Waals surface area contributed by atoms with Crippen LogP contribution in [0.1, 0.15) is 38.7 Å². The van der Waals surface area contributed by atoms with Gasteiger partial charge in [-0.2, -0.15) is 0 Å². The number of nitrogens with zero attached hydrogens (tertiary/aromatic N) is 1. The van der Waals surface area contributed by atoms with Gasteiger partial charge < -0.3 is 10.2 Å². The van der Waals surface area contributed by atoms with E-state index in [0.717, 1.165) is 13.1 Å². The van der Waals surface area contributed by atoms with Gasteiger partial charge in [-0.1, -0.05) is 51.1 Å². The summed E-state index contributed by atoms with van der Waals surface area (Å²) in [6.07, 6.45) is 1.23. The fraction of sp³-hybridized carbons (Fsp3) is 0.625. The molecule has 2 rings (SSSR count). The zero-order valence-electron chi connectivity index (χ0n) is 12.3. The molecule has 0 bridgehead atoms. The summed E-state index contributed by atoms with van der Waals surface area (Å²) < 4.78 is 0. The van der Waals surface area contributed by atoms with Gasteiger partial charge in [-0.3, -0.25) is 0 Å². The van der Waals surface area contributed by atoms with E-state index < -0.39 is 0 Å². The largest absolute Gasteiger partial charge is 0.314 e. The average molecular weight is 248 g/mol. The SMILES string of the molecule is CC.CCCN(C)[C@H]1CNC[C@@H]1c1ccccc1. The molecule has 2 heteroatoms. The predicted molar refractivity (Wildman–Crippen MR) is 80.1 cm³/mol. The Morgan fingerprint density at radius 3 is 2.44 bits per heavy atom. The number of hydrogen-bond acceptors (Lipinski definition) is 2. The van der Waals surface area contributed by atoms with Crippen molar-refractivity contribution < 1.29 is 0 Å². The average Bonchev–Trinajstić information content (AvgIpc) is 2.92. The second-order valence-electron chi connectivity index (χ2n) is 4.72. The van der Waals surface area contributed by atoms with Gasteiger partial charge in [-0.05, 0) is 25.6 Å². The second-order valence-corrected chi connectivity index (χ2v) is 4.72. The van der Waals surface area contributed by atoms with Gasteiger partial charge in [-0.15, -0.1) is 0 Å². The van der Waals surface area contributed by atoms with E-state index in [1.807, 2.05) is 13.8 Å². The lowest BCUT2D eigenvalue weighted by atomic mass is 9.93. The molecule has 1 aliphatic heterocycles. The van der Waals surface area contributed by atoms with Gasteiger partial charge >= 0.3 is 0 Å². The Morgan fingerprint density at radius 1 is 1.17 bits per heavy atom. The highest BCUT2D eigenvalue weighted by Crippen LogP contribution is 2.25. The highest BCUT2D eigenvalue weighted by Gasteiger charge is 2.30. The molecule has 2 atom stereocenters. The maximum absolute atomic E-state index is 3.52. The molecule has 0 aromatic heterocycles. The maximum atomic E-state index is 3.52. The minimum atomic E-state index is 0.651. The summed E-state index contributed by atoms with van der Waals surface area (Å²) >= 11 is 0. The molecule has 0 saturated carbocycles. The molecular weight excluding hydrogens is 220 g/mol. The summed E-state index contributed by atoms with van der Waals surface area (Å²) in [7, 11) is 2.25. The Balaban J connectivity index is 0.000000771. The molecule has 1 fully saturated rings. The van der Waals surface area contributed by atoms with Crippen LogP contribution in [0.25, 0.3) is 0 Å². The topological polar surface area (TPSA) is 15.3 Å². The number of benzene rings is 1. The van der Waals surface area contributed by atoms with Crippen LogP contribution in [-0.2, 0) is 0 Å². The molecule has 1 aliphatic rings. The van der Waals surface area contributed by atoms with E-state index in [2.05, 4.69) is 54.5 Å². The maximum Gasteiger partial charge on any atom is 0.0298 e. The van der Waals surface area contributed by atoms with E-state index in [9.17, 15) is 0 Å². The van der Waals surface area contributed by atoms with Crippen LogP contribution in [-0.4, -0.2) is 37.6 Å². The standard InChI is InChI=1S/C14H22N2.C2H6/c1-3-9-16(2)14-11-15-10-13(14)12-7-5-4-6-8-12;1-2/h4-8,13-15H,3,9-11H2,1-2H3;1-2H3/t13-,14+;/m1./s1. The first-order valence-corrected chi connectivity index (χ1v) is 7.29. The van der Waals surface area contributed by atoms with E-state index in [-0.39, 0.29) is 0 Å². The molecule has 0 unspecified atom stereocenters. The lowest BCUT2D eigenvalue weighted by Gasteiger charge is -2.28. The Kier molecular flexibility index (Phi) is 6.99. The molecule has 2 nitrogen and oxygen atoms in total. The predicted octanol–water partition coefficient (Wildman–Crippen LogP) is 3.11. The van der Waals surface area contributed by atoms with Crippen molar-refractivity contribution in [1.82, 2.24) is 10.2 Å². The normalized spacial score (nSPS) is 22.7. The van der Waals surface area contributed by atoms with Gasteiger partial charge in [-0.25, -0.2) is 0 Å². The van der Waals surface area contributed by atoms with Crippen LogP contribution in [0.15, 0.2) is 30.3 Å². The molecule has 1 heterocycles. The van der Waals surface area contributed by atoms with Gasteiger partial charge in [0.2, 0.25) is 0 Å². The van der Waals surface area contributed by atoms with Crippen molar-refractivity contribution in [1.29, 1.82) is 0 Å². The first-order valence-electron chi connectivity index (χ1n) is 7.29. The van der Waals surface area contributed by atoms with Crippen molar-refractivity contribution in [3.63, 3.8) is 0 Å². The third-order valence-corrected chi connectivity index (χ3v) is 3.55. The van der Waals surface area contributed by atoms with Crippen molar-refractivity contribution in [2.24, 2.45) is 0 Å². The van der Waals surface area contributed by atoms with Crippen molar-refractivity contribution in [2.75, 3.05) is 26.7 Å². The molecule has 1 saturated heterocycles. The lowest BCUT2D eigenvalue weighted by molar-refractivity contribution is 0.240. The number of likely N-dealkylation sites (N-methyl/N-ethyl adjacent to an activating group) is 1. The van der Waals surface area contributed by atoms with Crippen LogP contribution >= 0.6 is 0 Å². The molecule has 0 aliphatic carbocycles.